The van der Waals surface area contributed by atoms with Gasteiger partial charge in [0.15, 0.2) is 0 Å². The van der Waals surface area contributed by atoms with Crippen LogP contribution in [0.2, 0.25) is 0 Å². The third-order valence-corrected chi connectivity index (χ3v) is 1.60. The van der Waals surface area contributed by atoms with E-state index in [1.165, 1.54) is 0 Å². The van der Waals surface area contributed by atoms with Gasteiger partial charge in [-0.3, -0.25) is 0 Å². The van der Waals surface area contributed by atoms with Crippen molar-refractivity contribution in [3.05, 3.63) is 12.7 Å². The average molecular weight is 128 g/mol. The molecule has 1 rings (SSSR count). The van der Waals surface area contributed by atoms with Crippen molar-refractivity contribution in [3.8, 4) is 0 Å². The van der Waals surface area contributed by atoms with Gasteiger partial charge in [-0.2, -0.15) is 0 Å². The molecule has 0 unspecified atom stereocenters. The fourth-order valence-corrected chi connectivity index (χ4v) is 0.723. The van der Waals surface area contributed by atoms with Crippen molar-refractivity contribution in [3.63, 3.8) is 0 Å². The van der Waals surface area contributed by atoms with E-state index >= 15 is 0 Å². The molecule has 1 fully saturated rings. The fourth-order valence-electron chi connectivity index (χ4n) is 0.723. The molecule has 2 heteroatoms. The number of rotatable bonds is 4. The summed E-state index contributed by atoms with van der Waals surface area (Å²) in [4.78, 5) is 0. The van der Waals surface area contributed by atoms with Crippen molar-refractivity contribution in [1.82, 2.24) is 0 Å². The topological polar surface area (TPSA) is 29.5 Å². The van der Waals surface area contributed by atoms with Crippen molar-refractivity contribution in [2.24, 2.45) is 0 Å². The van der Waals surface area contributed by atoms with Crippen LogP contribution in [0.4, 0.5) is 0 Å². The highest BCUT2D eigenvalue weighted by atomic mass is 16.5. The van der Waals surface area contributed by atoms with E-state index in [2.05, 4.69) is 6.58 Å². The lowest BCUT2D eigenvalue weighted by atomic mass is 10.4. The first-order valence-corrected chi connectivity index (χ1v) is 3.19. The summed E-state index contributed by atoms with van der Waals surface area (Å²) in [5, 5.41) is 8.72. The molecule has 0 aromatic rings. The molecule has 0 amide bonds. The lowest BCUT2D eigenvalue weighted by molar-refractivity contribution is 0.00804. The van der Waals surface area contributed by atoms with E-state index in [1.807, 2.05) is 0 Å². The van der Waals surface area contributed by atoms with Gasteiger partial charge in [-0.15, -0.1) is 6.58 Å². The molecular weight excluding hydrogens is 116 g/mol. The summed E-state index contributed by atoms with van der Waals surface area (Å²) in [6, 6.07) is 0. The van der Waals surface area contributed by atoms with Gasteiger partial charge in [0, 0.05) is 0 Å². The Morgan fingerprint density at radius 1 is 1.67 bits per heavy atom. The molecule has 0 radical (unpaired) electrons. The third kappa shape index (κ3) is 1.53. The SMILES string of the molecule is C=CCOC1(CO)CC1. The molecular formula is C7H12O2. The number of aliphatic hydroxyl groups excluding tert-OH is 1. The molecule has 0 aliphatic heterocycles. The molecule has 1 aliphatic carbocycles. The quantitative estimate of drug-likeness (QED) is 0.565. The lowest BCUT2D eigenvalue weighted by Gasteiger charge is -2.10. The van der Waals surface area contributed by atoms with Crippen LogP contribution in [0.1, 0.15) is 12.8 Å². The van der Waals surface area contributed by atoms with Crippen LogP contribution in [-0.2, 0) is 4.74 Å². The summed E-state index contributed by atoms with van der Waals surface area (Å²) < 4.78 is 5.27. The van der Waals surface area contributed by atoms with Crippen molar-refractivity contribution in [2.45, 2.75) is 18.4 Å². The Hall–Kier alpha value is -0.340. The van der Waals surface area contributed by atoms with Crippen LogP contribution >= 0.6 is 0 Å². The standard InChI is InChI=1S/C7H12O2/c1-2-5-9-7(6-8)3-4-7/h2,8H,1,3-6H2. The maximum absolute atomic E-state index is 8.72. The Morgan fingerprint density at radius 2 is 2.33 bits per heavy atom. The zero-order valence-corrected chi connectivity index (χ0v) is 5.47. The highest BCUT2D eigenvalue weighted by molar-refractivity contribution is 4.95. The molecule has 0 saturated heterocycles. The van der Waals surface area contributed by atoms with Crippen molar-refractivity contribution in [2.75, 3.05) is 13.2 Å². The minimum Gasteiger partial charge on any atom is -0.393 e. The highest BCUT2D eigenvalue weighted by Gasteiger charge is 2.42. The van der Waals surface area contributed by atoms with Crippen LogP contribution in [0.15, 0.2) is 12.7 Å². The molecule has 1 aliphatic rings. The summed E-state index contributed by atoms with van der Waals surface area (Å²) in [6.07, 6.45) is 3.70. The number of aliphatic hydroxyl groups is 1. The predicted octanol–water partition coefficient (Wildman–Crippen LogP) is 0.714. The second kappa shape index (κ2) is 2.50. The van der Waals surface area contributed by atoms with E-state index in [9.17, 15) is 0 Å². The van der Waals surface area contributed by atoms with Crippen molar-refractivity contribution in [1.29, 1.82) is 0 Å². The van der Waals surface area contributed by atoms with Crippen LogP contribution in [0.25, 0.3) is 0 Å². The maximum Gasteiger partial charge on any atom is 0.0918 e. The molecule has 2 nitrogen and oxygen atoms in total. The van der Waals surface area contributed by atoms with Crippen LogP contribution in [0.5, 0.6) is 0 Å². The van der Waals surface area contributed by atoms with Crippen LogP contribution in [-0.4, -0.2) is 23.9 Å². The van der Waals surface area contributed by atoms with Gasteiger partial charge in [0.1, 0.15) is 0 Å². The molecule has 0 bridgehead atoms. The molecule has 0 aromatic carbocycles. The largest absolute Gasteiger partial charge is 0.393 e. The van der Waals surface area contributed by atoms with Gasteiger partial charge in [-0.25, -0.2) is 0 Å². The molecule has 1 N–H and O–H groups in total. The highest BCUT2D eigenvalue weighted by Crippen LogP contribution is 2.38. The number of hydrogen-bond acceptors (Lipinski definition) is 2. The zero-order chi connectivity index (χ0) is 6.74. The summed E-state index contributed by atoms with van der Waals surface area (Å²) in [7, 11) is 0. The van der Waals surface area contributed by atoms with Crippen molar-refractivity contribution >= 4 is 0 Å². The fraction of sp³-hybridized carbons (Fsp3) is 0.714. The molecule has 9 heavy (non-hydrogen) atoms. The minimum absolute atomic E-state index is 0.154. The Bertz CT molecular complexity index is 105. The monoisotopic (exact) mass is 128 g/mol. The summed E-state index contributed by atoms with van der Waals surface area (Å²) >= 11 is 0. The summed E-state index contributed by atoms with van der Waals surface area (Å²) in [5.41, 5.74) is -0.172. The Labute approximate surface area is 55.1 Å². The van der Waals surface area contributed by atoms with Crippen LogP contribution in [0.3, 0.4) is 0 Å². The summed E-state index contributed by atoms with van der Waals surface area (Å²) in [5.74, 6) is 0. The van der Waals surface area contributed by atoms with Gasteiger partial charge in [0.2, 0.25) is 0 Å². The van der Waals surface area contributed by atoms with Gasteiger partial charge < -0.3 is 9.84 Å². The van der Waals surface area contributed by atoms with Crippen molar-refractivity contribution < 1.29 is 9.84 Å². The molecule has 1 saturated carbocycles. The molecule has 0 heterocycles. The van der Waals surface area contributed by atoms with Gasteiger partial charge >= 0.3 is 0 Å². The Balaban J connectivity index is 2.17. The maximum atomic E-state index is 8.72. The van der Waals surface area contributed by atoms with Gasteiger partial charge in [-0.1, -0.05) is 6.08 Å². The predicted molar refractivity (Wildman–Crippen MR) is 35.2 cm³/mol. The normalized spacial score (nSPS) is 21.4. The second-order valence-corrected chi connectivity index (χ2v) is 2.44. The molecule has 0 aromatic heterocycles. The average Bonchev–Trinajstić information content (AvgIpc) is 2.65. The van der Waals surface area contributed by atoms with E-state index in [0.29, 0.717) is 6.61 Å². The molecule has 52 valence electrons. The number of hydrogen-bond donors (Lipinski definition) is 1. The van der Waals surface area contributed by atoms with E-state index in [4.69, 9.17) is 9.84 Å². The first-order chi connectivity index (χ1) is 4.33. The molecule has 0 atom stereocenters. The van der Waals surface area contributed by atoms with Gasteiger partial charge in [0.25, 0.3) is 0 Å². The number of ether oxygens (including phenoxy) is 1. The van der Waals surface area contributed by atoms with E-state index in [0.717, 1.165) is 12.8 Å². The van der Waals surface area contributed by atoms with Gasteiger partial charge in [-0.05, 0) is 12.8 Å². The summed E-state index contributed by atoms with van der Waals surface area (Å²) in [6.45, 7) is 4.23. The lowest BCUT2D eigenvalue weighted by Crippen LogP contribution is -2.18. The van der Waals surface area contributed by atoms with E-state index < -0.39 is 0 Å². The second-order valence-electron chi connectivity index (χ2n) is 2.44. The van der Waals surface area contributed by atoms with Gasteiger partial charge in [0.05, 0.1) is 18.8 Å². The Morgan fingerprint density at radius 3 is 2.67 bits per heavy atom. The van der Waals surface area contributed by atoms with E-state index in [-0.39, 0.29) is 12.2 Å². The Kier molecular flexibility index (Phi) is 1.88. The van der Waals surface area contributed by atoms with Crippen LogP contribution in [0, 0.1) is 0 Å². The minimum atomic E-state index is -0.172. The first-order valence-electron chi connectivity index (χ1n) is 3.19. The molecule has 0 spiro atoms. The van der Waals surface area contributed by atoms with E-state index in [1.54, 1.807) is 6.08 Å². The van der Waals surface area contributed by atoms with Crippen LogP contribution < -0.4 is 0 Å². The first kappa shape index (κ1) is 6.78. The smallest absolute Gasteiger partial charge is 0.0918 e. The third-order valence-electron chi connectivity index (χ3n) is 1.60. The zero-order valence-electron chi connectivity index (χ0n) is 5.47.